The van der Waals surface area contributed by atoms with Gasteiger partial charge in [-0.05, 0) is 32.6 Å². The summed E-state index contributed by atoms with van der Waals surface area (Å²) in [6.07, 6.45) is 4.71. The second kappa shape index (κ2) is 6.02. The highest BCUT2D eigenvalue weighted by Crippen LogP contribution is 2.08. The molecule has 1 heterocycles. The molecule has 1 atom stereocenters. The Morgan fingerprint density at radius 2 is 2.00 bits per heavy atom. The maximum atomic E-state index is 11.7. The van der Waals surface area contributed by atoms with E-state index in [9.17, 15) is 4.79 Å². The zero-order valence-electron chi connectivity index (χ0n) is 9.38. The molecule has 0 saturated carbocycles. The van der Waals surface area contributed by atoms with Crippen molar-refractivity contribution in [2.24, 2.45) is 0 Å². The van der Waals surface area contributed by atoms with Crippen LogP contribution in [0.1, 0.15) is 39.5 Å². The number of rotatable bonds is 4. The van der Waals surface area contributed by atoms with Gasteiger partial charge in [0.05, 0.1) is 6.54 Å². The number of likely N-dealkylation sites (tertiary alicyclic amines) is 1. The Kier molecular flexibility index (Phi) is 4.94. The molecule has 0 spiro atoms. The Morgan fingerprint density at radius 1 is 1.36 bits per heavy atom. The average molecular weight is 198 g/mol. The number of hydrogen-bond donors (Lipinski definition) is 1. The first-order valence-electron chi connectivity index (χ1n) is 5.75. The molecule has 82 valence electrons. The van der Waals surface area contributed by atoms with Crippen LogP contribution in [-0.4, -0.2) is 36.5 Å². The minimum absolute atomic E-state index is 0.269. The number of piperidine rings is 1. The summed E-state index contributed by atoms with van der Waals surface area (Å²) in [6.45, 7) is 6.67. The molecule has 1 fully saturated rings. The fraction of sp³-hybridized carbons (Fsp3) is 0.909. The summed E-state index contributed by atoms with van der Waals surface area (Å²) in [6, 6.07) is 0.448. The van der Waals surface area contributed by atoms with Gasteiger partial charge >= 0.3 is 0 Å². The van der Waals surface area contributed by atoms with Crippen LogP contribution >= 0.6 is 0 Å². The van der Waals surface area contributed by atoms with Gasteiger partial charge in [-0.15, -0.1) is 0 Å². The van der Waals surface area contributed by atoms with Crippen LogP contribution in [0.4, 0.5) is 0 Å². The fourth-order valence-corrected chi connectivity index (χ4v) is 1.66. The van der Waals surface area contributed by atoms with Crippen LogP contribution in [0.25, 0.3) is 0 Å². The van der Waals surface area contributed by atoms with E-state index in [1.165, 1.54) is 19.3 Å². The van der Waals surface area contributed by atoms with E-state index >= 15 is 0 Å². The number of nitrogens with one attached hydrogen (secondary N) is 1. The molecule has 1 unspecified atom stereocenters. The lowest BCUT2D eigenvalue weighted by Gasteiger charge is -2.27. The zero-order valence-corrected chi connectivity index (χ0v) is 9.38. The lowest BCUT2D eigenvalue weighted by Crippen LogP contribution is -2.43. The third-order valence-electron chi connectivity index (χ3n) is 2.92. The summed E-state index contributed by atoms with van der Waals surface area (Å²) in [5.41, 5.74) is 0. The van der Waals surface area contributed by atoms with E-state index in [1.54, 1.807) is 0 Å². The van der Waals surface area contributed by atoms with E-state index in [0.29, 0.717) is 12.6 Å². The number of hydrogen-bond acceptors (Lipinski definition) is 2. The van der Waals surface area contributed by atoms with Gasteiger partial charge in [0.25, 0.3) is 0 Å². The quantitative estimate of drug-likeness (QED) is 0.740. The summed E-state index contributed by atoms with van der Waals surface area (Å²) in [7, 11) is 0. The van der Waals surface area contributed by atoms with Crippen molar-refractivity contribution in [2.45, 2.75) is 45.6 Å². The van der Waals surface area contributed by atoms with Crippen molar-refractivity contribution in [3.8, 4) is 0 Å². The monoisotopic (exact) mass is 198 g/mol. The van der Waals surface area contributed by atoms with Crippen molar-refractivity contribution < 1.29 is 4.79 Å². The van der Waals surface area contributed by atoms with Crippen LogP contribution in [0.2, 0.25) is 0 Å². The molecule has 1 aliphatic heterocycles. The highest BCUT2D eigenvalue weighted by Gasteiger charge is 2.15. The molecule has 1 rings (SSSR count). The molecular weight excluding hydrogens is 176 g/mol. The lowest BCUT2D eigenvalue weighted by atomic mass is 10.1. The molecule has 0 bridgehead atoms. The smallest absolute Gasteiger partial charge is 0.236 e. The third kappa shape index (κ3) is 3.66. The van der Waals surface area contributed by atoms with Gasteiger partial charge in [-0.25, -0.2) is 0 Å². The standard InChI is InChI=1S/C11H22N2O/c1-3-10(2)12-9-11(14)13-7-5-4-6-8-13/h10,12H,3-9H2,1-2H3. The molecule has 0 aromatic carbocycles. The maximum absolute atomic E-state index is 11.7. The van der Waals surface area contributed by atoms with Crippen molar-refractivity contribution in [2.75, 3.05) is 19.6 Å². The molecule has 0 aromatic heterocycles. The van der Waals surface area contributed by atoms with Crippen LogP contribution < -0.4 is 5.32 Å². The minimum atomic E-state index is 0.269. The van der Waals surface area contributed by atoms with E-state index in [-0.39, 0.29) is 5.91 Å². The van der Waals surface area contributed by atoms with Gasteiger partial charge < -0.3 is 10.2 Å². The second-order valence-electron chi connectivity index (χ2n) is 4.13. The predicted molar refractivity (Wildman–Crippen MR) is 58.2 cm³/mol. The molecular formula is C11H22N2O. The van der Waals surface area contributed by atoms with Crippen molar-refractivity contribution >= 4 is 5.91 Å². The summed E-state index contributed by atoms with van der Waals surface area (Å²) in [5, 5.41) is 3.24. The molecule has 0 radical (unpaired) electrons. The maximum Gasteiger partial charge on any atom is 0.236 e. The zero-order chi connectivity index (χ0) is 10.4. The fourth-order valence-electron chi connectivity index (χ4n) is 1.66. The minimum Gasteiger partial charge on any atom is -0.342 e. The van der Waals surface area contributed by atoms with E-state index < -0.39 is 0 Å². The highest BCUT2D eigenvalue weighted by molar-refractivity contribution is 5.78. The van der Waals surface area contributed by atoms with Gasteiger partial charge in [-0.1, -0.05) is 6.92 Å². The van der Waals surface area contributed by atoms with E-state index in [0.717, 1.165) is 19.5 Å². The first-order chi connectivity index (χ1) is 6.74. The van der Waals surface area contributed by atoms with Crippen LogP contribution in [0, 0.1) is 0 Å². The Balaban J connectivity index is 2.19. The molecule has 3 heteroatoms. The second-order valence-corrected chi connectivity index (χ2v) is 4.13. The Hall–Kier alpha value is -0.570. The van der Waals surface area contributed by atoms with Crippen LogP contribution in [0.15, 0.2) is 0 Å². The van der Waals surface area contributed by atoms with Crippen LogP contribution in [0.3, 0.4) is 0 Å². The normalized spacial score (nSPS) is 19.4. The van der Waals surface area contributed by atoms with Crippen molar-refractivity contribution in [3.63, 3.8) is 0 Å². The van der Waals surface area contributed by atoms with Gasteiger partial charge in [-0.3, -0.25) is 4.79 Å². The van der Waals surface area contributed by atoms with Crippen molar-refractivity contribution in [1.82, 2.24) is 10.2 Å². The lowest BCUT2D eigenvalue weighted by molar-refractivity contribution is -0.131. The molecule has 1 amide bonds. The van der Waals surface area contributed by atoms with Gasteiger partial charge in [0.15, 0.2) is 0 Å². The number of carbonyl (C=O) groups excluding carboxylic acids is 1. The van der Waals surface area contributed by atoms with Crippen molar-refractivity contribution in [1.29, 1.82) is 0 Å². The number of amides is 1. The summed E-state index contributed by atoms with van der Waals surface area (Å²) in [5.74, 6) is 0.269. The summed E-state index contributed by atoms with van der Waals surface area (Å²) < 4.78 is 0. The molecule has 14 heavy (non-hydrogen) atoms. The Bertz CT molecular complexity index is 176. The summed E-state index contributed by atoms with van der Waals surface area (Å²) >= 11 is 0. The topological polar surface area (TPSA) is 32.3 Å². The third-order valence-corrected chi connectivity index (χ3v) is 2.92. The molecule has 1 aliphatic rings. The predicted octanol–water partition coefficient (Wildman–Crippen LogP) is 1.39. The first kappa shape index (κ1) is 11.5. The van der Waals surface area contributed by atoms with Crippen LogP contribution in [0.5, 0.6) is 0 Å². The average Bonchev–Trinajstić information content (AvgIpc) is 2.26. The largest absolute Gasteiger partial charge is 0.342 e. The molecule has 3 nitrogen and oxygen atoms in total. The van der Waals surface area contributed by atoms with E-state index in [4.69, 9.17) is 0 Å². The van der Waals surface area contributed by atoms with E-state index in [1.807, 2.05) is 4.90 Å². The van der Waals surface area contributed by atoms with Gasteiger partial charge in [0.2, 0.25) is 5.91 Å². The number of nitrogens with zero attached hydrogens (tertiary/aromatic N) is 1. The van der Waals surface area contributed by atoms with Gasteiger partial charge in [-0.2, -0.15) is 0 Å². The van der Waals surface area contributed by atoms with E-state index in [2.05, 4.69) is 19.2 Å². The molecule has 0 aromatic rings. The highest BCUT2D eigenvalue weighted by atomic mass is 16.2. The SMILES string of the molecule is CCC(C)NCC(=O)N1CCCCC1. The Labute approximate surface area is 86.9 Å². The molecule has 1 N–H and O–H groups in total. The molecule has 1 saturated heterocycles. The van der Waals surface area contributed by atoms with Crippen molar-refractivity contribution in [3.05, 3.63) is 0 Å². The molecule has 0 aliphatic carbocycles. The van der Waals surface area contributed by atoms with Gasteiger partial charge in [0.1, 0.15) is 0 Å². The van der Waals surface area contributed by atoms with Gasteiger partial charge in [0, 0.05) is 19.1 Å². The Morgan fingerprint density at radius 3 is 2.57 bits per heavy atom. The first-order valence-corrected chi connectivity index (χ1v) is 5.75. The van der Waals surface area contributed by atoms with Crippen LogP contribution in [-0.2, 0) is 4.79 Å². The summed E-state index contributed by atoms with van der Waals surface area (Å²) in [4.78, 5) is 13.7. The number of carbonyl (C=O) groups is 1.